The maximum Gasteiger partial charge on any atom is 0.335 e. The van der Waals surface area contributed by atoms with Gasteiger partial charge in [-0.2, -0.15) is 0 Å². The third-order valence-electron chi connectivity index (χ3n) is 2.91. The second-order valence-electron chi connectivity index (χ2n) is 5.03. The standard InChI is InChI=1S/C15H18N4O2/c1-10-4-12(14(20)21)6-13(5-10)16-7-11-8-17-15(18-9-11)19(2)3/h4-6,8-9,16H,7H2,1-3H3,(H,20,21). The first kappa shape index (κ1) is 14.8. The number of hydrogen-bond acceptors (Lipinski definition) is 5. The molecule has 0 aliphatic heterocycles. The number of rotatable bonds is 5. The Morgan fingerprint density at radius 2 is 1.90 bits per heavy atom. The Balaban J connectivity index is 2.07. The lowest BCUT2D eigenvalue weighted by Gasteiger charge is -2.11. The van der Waals surface area contributed by atoms with Crippen LogP contribution in [0.4, 0.5) is 11.6 Å². The lowest BCUT2D eigenvalue weighted by Crippen LogP contribution is -2.13. The quantitative estimate of drug-likeness (QED) is 0.877. The fourth-order valence-corrected chi connectivity index (χ4v) is 1.88. The summed E-state index contributed by atoms with van der Waals surface area (Å²) in [5.41, 5.74) is 2.87. The molecule has 0 radical (unpaired) electrons. The van der Waals surface area contributed by atoms with Crippen molar-refractivity contribution in [2.45, 2.75) is 13.5 Å². The topological polar surface area (TPSA) is 78.4 Å². The minimum Gasteiger partial charge on any atom is -0.478 e. The number of carbonyl (C=O) groups is 1. The number of carboxylic acid groups (broad SMARTS) is 1. The lowest BCUT2D eigenvalue weighted by molar-refractivity contribution is 0.0697. The van der Waals surface area contributed by atoms with Crippen molar-refractivity contribution in [3.63, 3.8) is 0 Å². The van der Waals surface area contributed by atoms with Crippen LogP contribution in [0, 0.1) is 6.92 Å². The average molecular weight is 286 g/mol. The molecule has 2 N–H and O–H groups in total. The van der Waals surface area contributed by atoms with Gasteiger partial charge in [-0.3, -0.25) is 0 Å². The van der Waals surface area contributed by atoms with E-state index in [-0.39, 0.29) is 5.56 Å². The Hall–Kier alpha value is -2.63. The summed E-state index contributed by atoms with van der Waals surface area (Å²) in [6, 6.07) is 5.16. The highest BCUT2D eigenvalue weighted by molar-refractivity contribution is 5.89. The number of nitrogens with zero attached hydrogens (tertiary/aromatic N) is 3. The van der Waals surface area contributed by atoms with Gasteiger partial charge in [0.25, 0.3) is 0 Å². The van der Waals surface area contributed by atoms with Crippen LogP contribution in [0.15, 0.2) is 30.6 Å². The summed E-state index contributed by atoms with van der Waals surface area (Å²) in [6.45, 7) is 2.41. The van der Waals surface area contributed by atoms with E-state index in [1.54, 1.807) is 24.5 Å². The summed E-state index contributed by atoms with van der Waals surface area (Å²) in [5.74, 6) is -0.275. The second-order valence-corrected chi connectivity index (χ2v) is 5.03. The summed E-state index contributed by atoms with van der Waals surface area (Å²) in [4.78, 5) is 21.3. The van der Waals surface area contributed by atoms with E-state index in [9.17, 15) is 4.79 Å². The SMILES string of the molecule is Cc1cc(NCc2cnc(N(C)C)nc2)cc(C(=O)O)c1. The fraction of sp³-hybridized carbons (Fsp3) is 0.267. The van der Waals surface area contributed by atoms with Crippen molar-refractivity contribution in [2.75, 3.05) is 24.3 Å². The Labute approximate surface area is 123 Å². The van der Waals surface area contributed by atoms with Crippen LogP contribution in [0.5, 0.6) is 0 Å². The van der Waals surface area contributed by atoms with Gasteiger partial charge in [0.2, 0.25) is 5.95 Å². The maximum absolute atomic E-state index is 11.0. The summed E-state index contributed by atoms with van der Waals surface area (Å²) in [5, 5.41) is 12.2. The van der Waals surface area contributed by atoms with Crippen molar-refractivity contribution >= 4 is 17.6 Å². The molecule has 0 aliphatic rings. The molecule has 0 bridgehead atoms. The number of benzene rings is 1. The Morgan fingerprint density at radius 3 is 2.48 bits per heavy atom. The summed E-state index contributed by atoms with van der Waals surface area (Å²) in [6.07, 6.45) is 3.51. The molecule has 2 aromatic rings. The minimum atomic E-state index is -0.930. The molecule has 1 aromatic heterocycles. The van der Waals surface area contributed by atoms with E-state index in [2.05, 4.69) is 15.3 Å². The van der Waals surface area contributed by atoms with Crippen LogP contribution >= 0.6 is 0 Å². The van der Waals surface area contributed by atoms with Crippen molar-refractivity contribution in [2.24, 2.45) is 0 Å². The van der Waals surface area contributed by atoms with Crippen LogP contribution in [-0.2, 0) is 6.54 Å². The van der Waals surface area contributed by atoms with Crippen molar-refractivity contribution in [3.8, 4) is 0 Å². The summed E-state index contributed by atoms with van der Waals surface area (Å²) in [7, 11) is 3.76. The number of aromatic carboxylic acids is 1. The first-order valence-electron chi connectivity index (χ1n) is 6.53. The molecule has 0 amide bonds. The molecular weight excluding hydrogens is 268 g/mol. The second kappa shape index (κ2) is 6.21. The lowest BCUT2D eigenvalue weighted by atomic mass is 10.1. The van der Waals surface area contributed by atoms with Gasteiger partial charge in [0.1, 0.15) is 0 Å². The van der Waals surface area contributed by atoms with Crippen molar-refractivity contribution < 1.29 is 9.90 Å². The Kier molecular flexibility index (Phi) is 4.37. The van der Waals surface area contributed by atoms with E-state index in [0.29, 0.717) is 12.5 Å². The zero-order valence-electron chi connectivity index (χ0n) is 12.3. The predicted molar refractivity (Wildman–Crippen MR) is 81.8 cm³/mol. The molecule has 0 aliphatic carbocycles. The molecule has 1 heterocycles. The zero-order valence-corrected chi connectivity index (χ0v) is 12.3. The van der Waals surface area contributed by atoms with Gasteiger partial charge in [0.05, 0.1) is 5.56 Å². The number of aryl methyl sites for hydroxylation is 1. The van der Waals surface area contributed by atoms with Gasteiger partial charge in [-0.25, -0.2) is 14.8 Å². The van der Waals surface area contributed by atoms with E-state index in [0.717, 1.165) is 16.8 Å². The molecule has 6 nitrogen and oxygen atoms in total. The molecule has 2 rings (SSSR count). The number of hydrogen-bond donors (Lipinski definition) is 2. The molecule has 0 unspecified atom stereocenters. The Bertz CT molecular complexity index is 639. The summed E-state index contributed by atoms with van der Waals surface area (Å²) >= 11 is 0. The largest absolute Gasteiger partial charge is 0.478 e. The molecule has 110 valence electrons. The first-order valence-corrected chi connectivity index (χ1v) is 6.53. The molecule has 0 saturated carbocycles. The molecule has 6 heteroatoms. The van der Waals surface area contributed by atoms with Gasteiger partial charge in [-0.1, -0.05) is 0 Å². The van der Waals surface area contributed by atoms with E-state index >= 15 is 0 Å². The zero-order chi connectivity index (χ0) is 15.4. The van der Waals surface area contributed by atoms with Gasteiger partial charge in [0.15, 0.2) is 0 Å². The number of aromatic nitrogens is 2. The van der Waals surface area contributed by atoms with Gasteiger partial charge in [0, 0.05) is 44.3 Å². The van der Waals surface area contributed by atoms with E-state index in [1.807, 2.05) is 32.0 Å². The van der Waals surface area contributed by atoms with E-state index < -0.39 is 5.97 Å². The Morgan fingerprint density at radius 1 is 1.24 bits per heavy atom. The smallest absolute Gasteiger partial charge is 0.335 e. The van der Waals surface area contributed by atoms with E-state index in [1.165, 1.54) is 0 Å². The normalized spacial score (nSPS) is 10.2. The van der Waals surface area contributed by atoms with Gasteiger partial charge < -0.3 is 15.3 Å². The number of carboxylic acids is 1. The van der Waals surface area contributed by atoms with E-state index in [4.69, 9.17) is 5.11 Å². The van der Waals surface area contributed by atoms with Crippen molar-refractivity contribution in [3.05, 3.63) is 47.3 Å². The van der Waals surface area contributed by atoms with Crippen molar-refractivity contribution in [1.82, 2.24) is 9.97 Å². The molecule has 1 aromatic carbocycles. The molecular formula is C15H18N4O2. The molecule has 0 saturated heterocycles. The minimum absolute atomic E-state index is 0.275. The van der Waals surface area contributed by atoms with Crippen LogP contribution in [0.2, 0.25) is 0 Å². The highest BCUT2D eigenvalue weighted by Gasteiger charge is 2.05. The van der Waals surface area contributed by atoms with Crippen molar-refractivity contribution in [1.29, 1.82) is 0 Å². The predicted octanol–water partition coefficient (Wildman–Crippen LogP) is 2.16. The van der Waals surface area contributed by atoms with Crippen LogP contribution in [0.1, 0.15) is 21.5 Å². The van der Waals surface area contributed by atoms with Gasteiger partial charge >= 0.3 is 5.97 Å². The summed E-state index contributed by atoms with van der Waals surface area (Å²) < 4.78 is 0. The van der Waals surface area contributed by atoms with Gasteiger partial charge in [-0.05, 0) is 30.7 Å². The van der Waals surface area contributed by atoms with Crippen LogP contribution in [0.25, 0.3) is 0 Å². The van der Waals surface area contributed by atoms with Crippen LogP contribution in [0.3, 0.4) is 0 Å². The monoisotopic (exact) mass is 286 g/mol. The maximum atomic E-state index is 11.0. The molecule has 0 spiro atoms. The number of nitrogens with one attached hydrogen (secondary N) is 1. The van der Waals surface area contributed by atoms with Gasteiger partial charge in [-0.15, -0.1) is 0 Å². The van der Waals surface area contributed by atoms with Crippen LogP contribution in [-0.4, -0.2) is 35.1 Å². The fourth-order valence-electron chi connectivity index (χ4n) is 1.88. The number of anilines is 2. The van der Waals surface area contributed by atoms with Crippen LogP contribution < -0.4 is 10.2 Å². The third kappa shape index (κ3) is 3.92. The molecule has 0 atom stereocenters. The highest BCUT2D eigenvalue weighted by atomic mass is 16.4. The molecule has 0 fully saturated rings. The first-order chi connectivity index (χ1) is 9.95. The highest BCUT2D eigenvalue weighted by Crippen LogP contribution is 2.15. The third-order valence-corrected chi connectivity index (χ3v) is 2.91. The molecule has 21 heavy (non-hydrogen) atoms. The average Bonchev–Trinajstić information content (AvgIpc) is 2.45.